The highest BCUT2D eigenvalue weighted by Crippen LogP contribution is 2.27. The van der Waals surface area contributed by atoms with Gasteiger partial charge in [0, 0.05) is 12.6 Å². The molecule has 1 unspecified atom stereocenters. The third-order valence-corrected chi connectivity index (χ3v) is 5.10. The van der Waals surface area contributed by atoms with Crippen molar-refractivity contribution in [2.45, 2.75) is 17.3 Å². The fourth-order valence-electron chi connectivity index (χ4n) is 1.78. The van der Waals surface area contributed by atoms with Crippen LogP contribution < -0.4 is 5.32 Å². The van der Waals surface area contributed by atoms with E-state index in [2.05, 4.69) is 25.7 Å². The van der Waals surface area contributed by atoms with Gasteiger partial charge >= 0.3 is 0 Å². The standard InChI is InChI=1S/C14H13FN6OS2/c1-8(23-14-20-16-7-21(14)2)11(22)17-13-19-18-12(24-13)9-3-5-10(15)6-4-9/h3-8H,1-2H3,(H,17,19,22). The average Bonchev–Trinajstić information content (AvgIpc) is 3.18. The Bertz CT molecular complexity index is 847. The number of aryl methyl sites for hydroxylation is 1. The highest BCUT2D eigenvalue weighted by atomic mass is 32.2. The number of thioether (sulfide) groups is 1. The van der Waals surface area contributed by atoms with Crippen LogP contribution in [0.5, 0.6) is 0 Å². The molecule has 0 saturated heterocycles. The van der Waals surface area contributed by atoms with Crippen molar-refractivity contribution in [1.82, 2.24) is 25.0 Å². The van der Waals surface area contributed by atoms with Gasteiger partial charge in [-0.2, -0.15) is 0 Å². The van der Waals surface area contributed by atoms with Crippen molar-refractivity contribution >= 4 is 34.1 Å². The molecule has 0 radical (unpaired) electrons. The Kier molecular flexibility index (Phi) is 4.86. The number of halogens is 1. The second-order valence-corrected chi connectivity index (χ2v) is 7.18. The van der Waals surface area contributed by atoms with Gasteiger partial charge in [-0.15, -0.1) is 20.4 Å². The third-order valence-electron chi connectivity index (χ3n) is 3.07. The first kappa shape index (κ1) is 16.5. The van der Waals surface area contributed by atoms with Crippen LogP contribution in [0.15, 0.2) is 35.7 Å². The maximum atomic E-state index is 12.9. The van der Waals surface area contributed by atoms with E-state index in [9.17, 15) is 9.18 Å². The van der Waals surface area contributed by atoms with Crippen LogP contribution >= 0.6 is 23.1 Å². The third kappa shape index (κ3) is 3.77. The first-order chi connectivity index (χ1) is 11.5. The summed E-state index contributed by atoms with van der Waals surface area (Å²) in [5.74, 6) is -0.517. The number of benzene rings is 1. The molecule has 1 N–H and O–H groups in total. The molecule has 7 nitrogen and oxygen atoms in total. The number of aromatic nitrogens is 5. The van der Waals surface area contributed by atoms with Crippen molar-refractivity contribution < 1.29 is 9.18 Å². The van der Waals surface area contributed by atoms with E-state index >= 15 is 0 Å². The molecule has 0 fully saturated rings. The number of amides is 1. The van der Waals surface area contributed by atoms with Crippen LogP contribution in [0.1, 0.15) is 6.92 Å². The molecule has 2 heterocycles. The van der Waals surface area contributed by atoms with Gasteiger partial charge in [0.2, 0.25) is 11.0 Å². The molecule has 2 aromatic heterocycles. The van der Waals surface area contributed by atoms with E-state index in [1.807, 2.05) is 7.05 Å². The molecule has 0 spiro atoms. The lowest BCUT2D eigenvalue weighted by molar-refractivity contribution is -0.115. The van der Waals surface area contributed by atoms with E-state index in [0.717, 1.165) is 5.56 Å². The molecule has 1 amide bonds. The molecule has 124 valence electrons. The summed E-state index contributed by atoms with van der Waals surface area (Å²) in [5, 5.41) is 19.7. The minimum absolute atomic E-state index is 0.204. The summed E-state index contributed by atoms with van der Waals surface area (Å²) in [6.07, 6.45) is 1.58. The van der Waals surface area contributed by atoms with Gasteiger partial charge in [0.25, 0.3) is 0 Å². The summed E-state index contributed by atoms with van der Waals surface area (Å²) >= 11 is 2.53. The van der Waals surface area contributed by atoms with E-state index < -0.39 is 0 Å². The first-order valence-corrected chi connectivity index (χ1v) is 8.63. The van der Waals surface area contributed by atoms with Gasteiger partial charge in [-0.3, -0.25) is 10.1 Å². The van der Waals surface area contributed by atoms with E-state index in [0.29, 0.717) is 15.3 Å². The van der Waals surface area contributed by atoms with Crippen molar-refractivity contribution in [1.29, 1.82) is 0 Å². The molecule has 24 heavy (non-hydrogen) atoms. The minimum atomic E-state index is -0.369. The topological polar surface area (TPSA) is 85.6 Å². The Morgan fingerprint density at radius 2 is 2.04 bits per heavy atom. The lowest BCUT2D eigenvalue weighted by atomic mass is 10.2. The lowest BCUT2D eigenvalue weighted by Gasteiger charge is -2.08. The second-order valence-electron chi connectivity index (χ2n) is 4.89. The molecule has 0 aliphatic rings. The number of hydrogen-bond acceptors (Lipinski definition) is 7. The Balaban J connectivity index is 1.64. The quantitative estimate of drug-likeness (QED) is 0.701. The molecule has 0 bridgehead atoms. The molecule has 10 heteroatoms. The van der Waals surface area contributed by atoms with Gasteiger partial charge in [0.05, 0.1) is 5.25 Å². The van der Waals surface area contributed by atoms with Crippen LogP contribution in [0.4, 0.5) is 9.52 Å². The van der Waals surface area contributed by atoms with Crippen molar-refractivity contribution in [2.24, 2.45) is 7.05 Å². The fraction of sp³-hybridized carbons (Fsp3) is 0.214. The van der Waals surface area contributed by atoms with Gasteiger partial charge in [0.1, 0.15) is 17.2 Å². The minimum Gasteiger partial charge on any atom is -0.312 e. The Labute approximate surface area is 145 Å². The van der Waals surface area contributed by atoms with Crippen molar-refractivity contribution in [3.63, 3.8) is 0 Å². The number of hydrogen-bond donors (Lipinski definition) is 1. The zero-order valence-corrected chi connectivity index (χ0v) is 14.4. The SMILES string of the molecule is CC(Sc1nncn1C)C(=O)Nc1nnc(-c2ccc(F)cc2)s1. The Morgan fingerprint density at radius 1 is 1.29 bits per heavy atom. The van der Waals surface area contributed by atoms with Gasteiger partial charge in [-0.1, -0.05) is 23.1 Å². The smallest absolute Gasteiger partial charge is 0.239 e. The normalized spacial score (nSPS) is 12.1. The number of nitrogens with one attached hydrogen (secondary N) is 1. The molecular weight excluding hydrogens is 351 g/mol. The largest absolute Gasteiger partial charge is 0.312 e. The van der Waals surface area contributed by atoms with Gasteiger partial charge in [-0.25, -0.2) is 4.39 Å². The summed E-state index contributed by atoms with van der Waals surface area (Å²) in [5.41, 5.74) is 0.746. The van der Waals surface area contributed by atoms with Crippen LogP contribution in [-0.4, -0.2) is 36.1 Å². The monoisotopic (exact) mass is 364 g/mol. The maximum Gasteiger partial charge on any atom is 0.239 e. The number of carbonyl (C=O) groups excluding carboxylic acids is 1. The van der Waals surface area contributed by atoms with Gasteiger partial charge < -0.3 is 4.57 Å². The van der Waals surface area contributed by atoms with E-state index in [4.69, 9.17) is 0 Å². The Hall–Kier alpha value is -2.33. The summed E-state index contributed by atoms with van der Waals surface area (Å²) in [6.45, 7) is 1.77. The highest BCUT2D eigenvalue weighted by Gasteiger charge is 2.19. The van der Waals surface area contributed by atoms with E-state index in [1.165, 1.54) is 35.2 Å². The maximum absolute atomic E-state index is 12.9. The lowest BCUT2D eigenvalue weighted by Crippen LogP contribution is -2.22. The second kappa shape index (κ2) is 7.05. The van der Waals surface area contributed by atoms with Crippen LogP contribution in [-0.2, 0) is 11.8 Å². The Morgan fingerprint density at radius 3 is 2.71 bits per heavy atom. The van der Waals surface area contributed by atoms with Crippen molar-refractivity contribution in [3.05, 3.63) is 36.4 Å². The fourth-order valence-corrected chi connectivity index (χ4v) is 3.32. The van der Waals surface area contributed by atoms with Gasteiger partial charge in [-0.05, 0) is 31.2 Å². The zero-order valence-electron chi connectivity index (χ0n) is 12.8. The average molecular weight is 364 g/mol. The molecule has 0 aliphatic carbocycles. The molecule has 1 aromatic carbocycles. The van der Waals surface area contributed by atoms with Crippen LogP contribution in [0.2, 0.25) is 0 Å². The molecule has 3 rings (SSSR count). The number of anilines is 1. The van der Waals surface area contributed by atoms with Crippen LogP contribution in [0, 0.1) is 5.82 Å². The molecule has 0 saturated carbocycles. The van der Waals surface area contributed by atoms with Gasteiger partial charge in [0.15, 0.2) is 5.16 Å². The molecule has 3 aromatic rings. The van der Waals surface area contributed by atoms with Crippen LogP contribution in [0.3, 0.4) is 0 Å². The predicted octanol–water partition coefficient (Wildman–Crippen LogP) is 2.59. The first-order valence-electron chi connectivity index (χ1n) is 6.94. The number of rotatable bonds is 5. The zero-order chi connectivity index (χ0) is 17.1. The molecule has 1 atom stereocenters. The molecular formula is C14H13FN6OS2. The molecule has 0 aliphatic heterocycles. The number of nitrogens with zero attached hydrogens (tertiary/aromatic N) is 5. The van der Waals surface area contributed by atoms with Crippen LogP contribution in [0.25, 0.3) is 10.6 Å². The van der Waals surface area contributed by atoms with E-state index in [1.54, 1.807) is 30.0 Å². The summed E-state index contributed by atoms with van der Waals surface area (Å²) in [7, 11) is 1.81. The van der Waals surface area contributed by atoms with Crippen molar-refractivity contribution in [3.8, 4) is 10.6 Å². The highest BCUT2D eigenvalue weighted by molar-refractivity contribution is 8.00. The summed E-state index contributed by atoms with van der Waals surface area (Å²) in [6, 6.07) is 5.95. The summed E-state index contributed by atoms with van der Waals surface area (Å²) in [4.78, 5) is 12.2. The summed E-state index contributed by atoms with van der Waals surface area (Å²) < 4.78 is 14.7. The predicted molar refractivity (Wildman–Crippen MR) is 90.3 cm³/mol. The van der Waals surface area contributed by atoms with E-state index in [-0.39, 0.29) is 17.0 Å². The van der Waals surface area contributed by atoms with Crippen molar-refractivity contribution in [2.75, 3.05) is 5.32 Å². The number of carbonyl (C=O) groups is 1.